The van der Waals surface area contributed by atoms with Crippen LogP contribution in [0.3, 0.4) is 0 Å². The van der Waals surface area contributed by atoms with Crippen molar-refractivity contribution >= 4 is 39.5 Å². The molecule has 0 aromatic heterocycles. The number of carbonyl (C=O) groups excluding carboxylic acids is 4. The van der Waals surface area contributed by atoms with Crippen LogP contribution in [0.1, 0.15) is 441 Å². The van der Waals surface area contributed by atoms with Gasteiger partial charge in [-0.15, -0.1) is 0 Å². The van der Waals surface area contributed by atoms with Gasteiger partial charge in [0.1, 0.15) is 19.3 Å². The van der Waals surface area contributed by atoms with Crippen LogP contribution in [0.4, 0.5) is 0 Å². The van der Waals surface area contributed by atoms with Gasteiger partial charge in [-0.25, -0.2) is 9.13 Å². The van der Waals surface area contributed by atoms with Crippen molar-refractivity contribution in [1.82, 2.24) is 0 Å². The predicted molar refractivity (Wildman–Crippen MR) is 428 cm³/mol. The molecule has 0 amide bonds. The Bertz CT molecular complexity index is 2030. The highest BCUT2D eigenvalue weighted by atomic mass is 31.2. The number of hydrogen-bond donors (Lipinski definition) is 3. The molecule has 7 atom stereocenters. The largest absolute Gasteiger partial charge is 0.472 e. The Morgan fingerprint density at radius 3 is 0.683 bits per heavy atom. The Labute approximate surface area is 638 Å². The molecule has 104 heavy (non-hydrogen) atoms. The Balaban J connectivity index is 5.22. The summed E-state index contributed by atoms with van der Waals surface area (Å²) in [5.41, 5.74) is 0. The number of carbonyl (C=O) groups is 4. The monoisotopic (exact) mass is 1520 g/mol. The van der Waals surface area contributed by atoms with Gasteiger partial charge in [0.25, 0.3) is 0 Å². The van der Waals surface area contributed by atoms with Gasteiger partial charge in [0.15, 0.2) is 12.2 Å². The number of aliphatic hydroxyl groups is 1. The molecule has 0 heterocycles. The third-order valence-corrected chi connectivity index (χ3v) is 22.4. The predicted octanol–water partition coefficient (Wildman–Crippen LogP) is 25.6. The summed E-state index contributed by atoms with van der Waals surface area (Å²) in [5.74, 6) is 1.08. The first-order chi connectivity index (χ1) is 50.2. The number of phosphoric acid groups is 2. The fourth-order valence-electron chi connectivity index (χ4n) is 13.1. The molecule has 0 bridgehead atoms. The molecule has 618 valence electrons. The van der Waals surface area contributed by atoms with E-state index in [-0.39, 0.29) is 25.7 Å². The van der Waals surface area contributed by atoms with Crippen LogP contribution in [-0.4, -0.2) is 96.7 Å². The summed E-state index contributed by atoms with van der Waals surface area (Å²) in [7, 11) is -9.93. The van der Waals surface area contributed by atoms with Gasteiger partial charge >= 0.3 is 39.5 Å². The minimum absolute atomic E-state index is 0.106. The van der Waals surface area contributed by atoms with Crippen LogP contribution >= 0.6 is 15.6 Å². The van der Waals surface area contributed by atoms with Crippen molar-refractivity contribution in [2.45, 2.75) is 459 Å². The van der Waals surface area contributed by atoms with Crippen LogP contribution in [0.15, 0.2) is 0 Å². The van der Waals surface area contributed by atoms with Crippen molar-refractivity contribution in [3.63, 3.8) is 0 Å². The van der Waals surface area contributed by atoms with Gasteiger partial charge in [-0.3, -0.25) is 37.3 Å². The highest BCUT2D eigenvalue weighted by Crippen LogP contribution is 2.45. The lowest BCUT2D eigenvalue weighted by molar-refractivity contribution is -0.161. The fraction of sp³-hybridized carbons (Fsp3) is 0.953. The SMILES string of the molecule is CCC(C)CCCCCCCCCCCCCCCCCCCCC(=O)OC[C@H](COP(=O)(O)OCC(O)COP(=O)(O)OC[C@@H](COC(=O)CCCCCCCCCC(C)C)OC(=O)CCCCCCCCCCCCCC(C)C)OC(=O)CCCCCCCCCCCCCCCCC(C)CC. The summed E-state index contributed by atoms with van der Waals surface area (Å²) in [5, 5.41) is 10.7. The molecule has 0 spiro atoms. The molecule has 0 radical (unpaired) electrons. The molecule has 0 aliphatic carbocycles. The number of aliphatic hydroxyl groups excluding tert-OH is 1. The van der Waals surface area contributed by atoms with E-state index < -0.39 is 97.5 Å². The molecule has 3 N–H and O–H groups in total. The molecule has 0 saturated heterocycles. The molecule has 0 saturated carbocycles. The minimum atomic E-state index is -4.97. The fourth-order valence-corrected chi connectivity index (χ4v) is 14.7. The maximum Gasteiger partial charge on any atom is 0.472 e. The highest BCUT2D eigenvalue weighted by Gasteiger charge is 2.30. The van der Waals surface area contributed by atoms with Crippen LogP contribution in [-0.2, 0) is 65.4 Å². The second kappa shape index (κ2) is 73.8. The van der Waals surface area contributed by atoms with Gasteiger partial charge in [0.2, 0.25) is 0 Å². The third kappa shape index (κ3) is 75.5. The number of hydrogen-bond acceptors (Lipinski definition) is 15. The maximum atomic E-state index is 13.1. The van der Waals surface area contributed by atoms with Crippen LogP contribution in [0.2, 0.25) is 0 Å². The van der Waals surface area contributed by atoms with E-state index in [4.69, 9.17) is 37.0 Å². The summed E-state index contributed by atoms with van der Waals surface area (Å²) < 4.78 is 68.8. The normalized spacial score (nSPS) is 14.5. The topological polar surface area (TPSA) is 237 Å². The average molecular weight is 1520 g/mol. The number of esters is 4. The summed E-state index contributed by atoms with van der Waals surface area (Å²) in [6.45, 7) is 14.3. The van der Waals surface area contributed by atoms with Crippen molar-refractivity contribution in [1.29, 1.82) is 0 Å². The zero-order chi connectivity index (χ0) is 76.7. The van der Waals surface area contributed by atoms with Crippen LogP contribution in [0.5, 0.6) is 0 Å². The number of rotatable bonds is 82. The zero-order valence-electron chi connectivity index (χ0n) is 68.7. The van der Waals surface area contributed by atoms with E-state index in [0.29, 0.717) is 31.6 Å². The van der Waals surface area contributed by atoms with E-state index in [1.54, 1.807) is 0 Å². The smallest absolute Gasteiger partial charge is 0.462 e. The molecule has 0 aliphatic rings. The molecule has 0 aromatic carbocycles. The minimum Gasteiger partial charge on any atom is -0.462 e. The van der Waals surface area contributed by atoms with Crippen molar-refractivity contribution in [2.24, 2.45) is 23.7 Å². The van der Waals surface area contributed by atoms with E-state index in [9.17, 15) is 43.2 Å². The van der Waals surface area contributed by atoms with Crippen LogP contribution < -0.4 is 0 Å². The Hall–Kier alpha value is -1.94. The molecular weight excluding hydrogens is 1350 g/mol. The summed E-state index contributed by atoms with van der Waals surface area (Å²) >= 11 is 0. The van der Waals surface area contributed by atoms with Gasteiger partial charge in [0.05, 0.1) is 26.4 Å². The molecule has 19 heteroatoms. The Morgan fingerprint density at radius 1 is 0.269 bits per heavy atom. The molecule has 17 nitrogen and oxygen atoms in total. The van der Waals surface area contributed by atoms with Crippen molar-refractivity contribution < 1.29 is 80.2 Å². The molecular formula is C85H166O17P2. The lowest BCUT2D eigenvalue weighted by atomic mass is 9.99. The second-order valence-electron chi connectivity index (χ2n) is 32.0. The number of ether oxygens (including phenoxy) is 4. The van der Waals surface area contributed by atoms with Gasteiger partial charge < -0.3 is 33.8 Å². The second-order valence-corrected chi connectivity index (χ2v) is 34.9. The Morgan fingerprint density at radius 2 is 0.462 bits per heavy atom. The van der Waals surface area contributed by atoms with Crippen molar-refractivity contribution in [2.75, 3.05) is 39.6 Å². The standard InChI is InChI=1S/C85H166O17P2/c1-9-77(7)63-55-47-39-31-25-19-15-13-11-12-14-16-21-27-33-41-49-57-65-82(87)95-71-80(101-84(89)67-59-51-42-34-28-22-18-17-20-26-32-40-48-56-64-78(8)10-2)73-99-103(91,92)97-69-79(86)70-98-104(93,94)100-74-81(72-96-83(88)66-58-50-44-36-38-46-54-62-76(5)6)102-85(90)68-60-52-43-35-29-23-24-30-37-45-53-61-75(3)4/h75-81,86H,9-74H2,1-8H3,(H,91,92)(H,93,94)/t77?,78?,79?,80-,81-/m1/s1. The van der Waals surface area contributed by atoms with Crippen LogP contribution in [0, 0.1) is 23.7 Å². The summed E-state index contributed by atoms with van der Waals surface area (Å²) in [6.07, 6.45) is 62.5. The Kier molecular flexibility index (Phi) is 72.5. The number of unbranched alkanes of at least 4 members (excludes halogenated alkanes) is 46. The van der Waals surface area contributed by atoms with Gasteiger partial charge in [-0.05, 0) is 49.4 Å². The van der Waals surface area contributed by atoms with Crippen molar-refractivity contribution in [3.05, 3.63) is 0 Å². The summed E-state index contributed by atoms with van der Waals surface area (Å²) in [6, 6.07) is 0. The molecule has 0 rings (SSSR count). The average Bonchev–Trinajstić information content (AvgIpc) is 0.904. The van der Waals surface area contributed by atoms with Crippen LogP contribution in [0.25, 0.3) is 0 Å². The zero-order valence-corrected chi connectivity index (χ0v) is 70.5. The molecule has 0 fully saturated rings. The van der Waals surface area contributed by atoms with E-state index >= 15 is 0 Å². The maximum absolute atomic E-state index is 13.1. The van der Waals surface area contributed by atoms with Gasteiger partial charge in [-0.2, -0.15) is 0 Å². The lowest BCUT2D eigenvalue weighted by Crippen LogP contribution is -2.30. The highest BCUT2D eigenvalue weighted by molar-refractivity contribution is 7.47. The molecule has 0 aromatic rings. The first-order valence-electron chi connectivity index (χ1n) is 43.8. The summed E-state index contributed by atoms with van der Waals surface area (Å²) in [4.78, 5) is 73.1. The molecule has 0 aliphatic heterocycles. The first kappa shape index (κ1) is 102. The third-order valence-electron chi connectivity index (χ3n) is 20.5. The van der Waals surface area contributed by atoms with E-state index in [2.05, 4.69) is 55.4 Å². The lowest BCUT2D eigenvalue weighted by Gasteiger charge is -2.21. The first-order valence-corrected chi connectivity index (χ1v) is 46.8. The van der Waals surface area contributed by atoms with Gasteiger partial charge in [-0.1, -0.05) is 389 Å². The van der Waals surface area contributed by atoms with Crippen molar-refractivity contribution in [3.8, 4) is 0 Å². The molecule has 5 unspecified atom stereocenters. The van der Waals surface area contributed by atoms with E-state index in [1.165, 1.54) is 238 Å². The van der Waals surface area contributed by atoms with E-state index in [1.807, 2.05) is 0 Å². The number of phosphoric ester groups is 2. The van der Waals surface area contributed by atoms with Gasteiger partial charge in [0, 0.05) is 25.7 Å². The van der Waals surface area contributed by atoms with E-state index in [0.717, 1.165) is 114 Å². The quantitative estimate of drug-likeness (QED) is 0.0222.